The van der Waals surface area contributed by atoms with Gasteiger partial charge in [0.25, 0.3) is 0 Å². The van der Waals surface area contributed by atoms with Crippen molar-refractivity contribution in [1.82, 2.24) is 15.4 Å². The Hall–Kier alpha value is -2.68. The van der Waals surface area contributed by atoms with E-state index in [0.29, 0.717) is 5.76 Å². The van der Waals surface area contributed by atoms with Crippen LogP contribution in [0.2, 0.25) is 0 Å². The van der Waals surface area contributed by atoms with Gasteiger partial charge in [0, 0.05) is 17.6 Å². The Morgan fingerprint density at radius 1 is 1.27 bits per heavy atom. The van der Waals surface area contributed by atoms with Gasteiger partial charge in [-0.25, -0.2) is 0 Å². The number of carbonyl (C=O) groups is 3. The van der Waals surface area contributed by atoms with Crippen LogP contribution in [0.4, 0.5) is 5.82 Å². The highest BCUT2D eigenvalue weighted by molar-refractivity contribution is 6.02. The third-order valence-electron chi connectivity index (χ3n) is 5.80. The zero-order chi connectivity index (χ0) is 22.0. The summed E-state index contributed by atoms with van der Waals surface area (Å²) in [5.41, 5.74) is -1.64. The van der Waals surface area contributed by atoms with Crippen LogP contribution in [-0.4, -0.2) is 57.1 Å². The van der Waals surface area contributed by atoms with Crippen molar-refractivity contribution in [2.45, 2.75) is 70.9 Å². The van der Waals surface area contributed by atoms with Gasteiger partial charge in [0.05, 0.1) is 17.9 Å². The van der Waals surface area contributed by atoms with E-state index in [1.807, 2.05) is 34.6 Å². The van der Waals surface area contributed by atoms with Gasteiger partial charge in [-0.3, -0.25) is 14.4 Å². The molecule has 0 saturated carbocycles. The highest BCUT2D eigenvalue weighted by Gasteiger charge is 2.73. The van der Waals surface area contributed by atoms with Crippen molar-refractivity contribution in [1.29, 1.82) is 0 Å². The van der Waals surface area contributed by atoms with Crippen molar-refractivity contribution in [3.05, 3.63) is 24.0 Å². The van der Waals surface area contributed by atoms with Crippen LogP contribution in [0.3, 0.4) is 0 Å². The van der Waals surface area contributed by atoms with Crippen LogP contribution in [0.15, 0.2) is 22.7 Å². The second-order valence-electron chi connectivity index (χ2n) is 9.59. The Bertz CT molecular complexity index is 930. The number of rotatable bonds is 4. The topological polar surface area (TPSA) is 114 Å². The smallest absolute Gasteiger partial charge is 0.246 e. The van der Waals surface area contributed by atoms with Gasteiger partial charge in [0.1, 0.15) is 17.4 Å². The van der Waals surface area contributed by atoms with Crippen molar-refractivity contribution < 1.29 is 23.6 Å². The summed E-state index contributed by atoms with van der Waals surface area (Å²) in [6, 6.07) is 0.530. The summed E-state index contributed by atoms with van der Waals surface area (Å²) in [7, 11) is 0. The molecule has 4 rings (SSSR count). The number of ether oxygens (including phenoxy) is 1. The third kappa shape index (κ3) is 3.03. The van der Waals surface area contributed by atoms with E-state index in [1.165, 1.54) is 0 Å². The van der Waals surface area contributed by atoms with E-state index in [4.69, 9.17) is 9.26 Å². The molecule has 3 aliphatic rings. The van der Waals surface area contributed by atoms with E-state index in [2.05, 4.69) is 15.8 Å². The Kier molecular flexibility index (Phi) is 4.57. The highest BCUT2D eigenvalue weighted by atomic mass is 16.5. The number of nitrogens with zero attached hydrogens (tertiary/aromatic N) is 2. The molecule has 0 aromatic carbocycles. The number of amides is 3. The van der Waals surface area contributed by atoms with Crippen molar-refractivity contribution in [3.63, 3.8) is 0 Å². The molecule has 0 radical (unpaired) electrons. The summed E-state index contributed by atoms with van der Waals surface area (Å²) >= 11 is 0. The van der Waals surface area contributed by atoms with Crippen LogP contribution in [0.5, 0.6) is 0 Å². The maximum Gasteiger partial charge on any atom is 0.246 e. The zero-order valence-corrected chi connectivity index (χ0v) is 18.1. The van der Waals surface area contributed by atoms with Crippen molar-refractivity contribution >= 4 is 23.5 Å². The molecule has 1 aromatic rings. The minimum absolute atomic E-state index is 0.230. The van der Waals surface area contributed by atoms with E-state index in [1.54, 1.807) is 30.0 Å². The van der Waals surface area contributed by atoms with E-state index >= 15 is 0 Å². The molecular formula is C21H28N4O5. The second-order valence-corrected chi connectivity index (χ2v) is 9.59. The fraction of sp³-hybridized carbons (Fsp3) is 0.619. The number of carbonyl (C=O) groups excluding carboxylic acids is 3. The number of aryl methyl sites for hydroxylation is 1. The predicted molar refractivity (Wildman–Crippen MR) is 107 cm³/mol. The quantitative estimate of drug-likeness (QED) is 0.717. The molecule has 0 unspecified atom stereocenters. The van der Waals surface area contributed by atoms with Crippen LogP contribution < -0.4 is 10.6 Å². The number of likely N-dealkylation sites (tertiary alicyclic amines) is 1. The van der Waals surface area contributed by atoms with Gasteiger partial charge in [-0.15, -0.1) is 0 Å². The van der Waals surface area contributed by atoms with Gasteiger partial charge in [-0.2, -0.15) is 0 Å². The number of fused-ring (bicyclic) bond motifs is 1. The summed E-state index contributed by atoms with van der Waals surface area (Å²) < 4.78 is 11.2. The first-order valence-corrected chi connectivity index (χ1v) is 10.2. The summed E-state index contributed by atoms with van der Waals surface area (Å²) in [6.45, 7) is 11.1. The maximum absolute atomic E-state index is 13.5. The zero-order valence-electron chi connectivity index (χ0n) is 18.1. The van der Waals surface area contributed by atoms with Gasteiger partial charge in [-0.1, -0.05) is 17.3 Å². The van der Waals surface area contributed by atoms with Gasteiger partial charge in [0.15, 0.2) is 5.82 Å². The molecule has 2 fully saturated rings. The minimum Gasteiger partial charge on any atom is -0.360 e. The molecule has 1 aromatic heterocycles. The Morgan fingerprint density at radius 2 is 1.97 bits per heavy atom. The molecule has 4 heterocycles. The SMILES string of the molecule is Cc1cc(NC(=O)[C@H]2[C@H]3C(=O)N(C(C)C)[C@@H](C(=O)NC(C)(C)C)[C@@]34C=C[C@H]2O4)no1. The van der Waals surface area contributed by atoms with Gasteiger partial charge in [0.2, 0.25) is 17.7 Å². The molecule has 30 heavy (non-hydrogen) atoms. The lowest BCUT2D eigenvalue weighted by atomic mass is 9.74. The second kappa shape index (κ2) is 6.66. The lowest BCUT2D eigenvalue weighted by Gasteiger charge is -2.36. The molecule has 3 aliphatic heterocycles. The number of hydrogen-bond acceptors (Lipinski definition) is 6. The van der Waals surface area contributed by atoms with Crippen LogP contribution in [0.25, 0.3) is 0 Å². The van der Waals surface area contributed by atoms with Crippen molar-refractivity contribution in [2.75, 3.05) is 5.32 Å². The lowest BCUT2D eigenvalue weighted by Crippen LogP contribution is -2.59. The summed E-state index contributed by atoms with van der Waals surface area (Å²) in [4.78, 5) is 41.4. The number of hydrogen-bond donors (Lipinski definition) is 2. The Balaban J connectivity index is 1.69. The fourth-order valence-corrected chi connectivity index (χ4v) is 4.83. The monoisotopic (exact) mass is 416 g/mol. The Morgan fingerprint density at radius 3 is 2.53 bits per heavy atom. The number of anilines is 1. The molecule has 162 valence electrons. The van der Waals surface area contributed by atoms with Gasteiger partial charge in [-0.05, 0) is 41.5 Å². The number of nitrogens with one attached hydrogen (secondary N) is 2. The maximum atomic E-state index is 13.5. The lowest BCUT2D eigenvalue weighted by molar-refractivity contribution is -0.143. The summed E-state index contributed by atoms with van der Waals surface area (Å²) in [5, 5.41) is 9.48. The molecule has 2 bridgehead atoms. The first kappa shape index (κ1) is 20.6. The van der Waals surface area contributed by atoms with Crippen LogP contribution >= 0.6 is 0 Å². The molecule has 2 saturated heterocycles. The molecule has 9 heteroatoms. The fourth-order valence-electron chi connectivity index (χ4n) is 4.83. The van der Waals surface area contributed by atoms with E-state index in [9.17, 15) is 14.4 Å². The normalized spacial score (nSPS) is 32.1. The first-order valence-electron chi connectivity index (χ1n) is 10.2. The average Bonchev–Trinajstić information content (AvgIpc) is 3.33. The van der Waals surface area contributed by atoms with Gasteiger partial charge < -0.3 is 24.8 Å². The standard InChI is InChI=1S/C21H28N4O5/c1-10(2)25-16(18(27)23-20(4,5)6)21-8-7-12(29-21)14(15(21)19(25)28)17(26)22-13-9-11(3)30-24-13/h7-10,12,14-16H,1-6H3,(H,23,27)(H,22,24,26)/t12-,14-,15+,16+,21-/m1/s1. The summed E-state index contributed by atoms with van der Waals surface area (Å²) in [5.74, 6) is -1.60. The van der Waals surface area contributed by atoms with Gasteiger partial charge >= 0.3 is 0 Å². The van der Waals surface area contributed by atoms with Crippen molar-refractivity contribution in [3.8, 4) is 0 Å². The molecule has 3 amide bonds. The molecular weight excluding hydrogens is 388 g/mol. The van der Waals surface area contributed by atoms with Crippen LogP contribution in [-0.2, 0) is 19.1 Å². The molecule has 2 N–H and O–H groups in total. The predicted octanol–water partition coefficient (Wildman–Crippen LogP) is 1.40. The Labute approximate surface area is 175 Å². The van der Waals surface area contributed by atoms with E-state index in [0.717, 1.165) is 0 Å². The van der Waals surface area contributed by atoms with Crippen molar-refractivity contribution in [2.24, 2.45) is 11.8 Å². The van der Waals surface area contributed by atoms with Crippen LogP contribution in [0, 0.1) is 18.8 Å². The molecule has 1 spiro atoms. The largest absolute Gasteiger partial charge is 0.360 e. The molecule has 9 nitrogen and oxygen atoms in total. The number of aromatic nitrogens is 1. The van der Waals surface area contributed by atoms with E-state index < -0.39 is 35.1 Å². The summed E-state index contributed by atoms with van der Waals surface area (Å²) in [6.07, 6.45) is 2.99. The average molecular weight is 416 g/mol. The molecule has 5 atom stereocenters. The highest BCUT2D eigenvalue weighted by Crippen LogP contribution is 2.55. The van der Waals surface area contributed by atoms with Crippen LogP contribution in [0.1, 0.15) is 40.4 Å². The third-order valence-corrected chi connectivity index (χ3v) is 5.80. The van der Waals surface area contributed by atoms with E-state index in [-0.39, 0.29) is 29.6 Å². The first-order chi connectivity index (χ1) is 13.9. The molecule has 0 aliphatic carbocycles. The minimum atomic E-state index is -1.16.